The molecule has 0 saturated heterocycles. The molecule has 2 rings (SSSR count). The molecule has 6 N–H and O–H groups in total. The molecule has 2 amide bonds. The maximum atomic E-state index is 14.1. The number of amides is 2. The Balaban J connectivity index is 0. The van der Waals surface area contributed by atoms with Crippen molar-refractivity contribution in [3.63, 3.8) is 0 Å². The zero-order valence-electron chi connectivity index (χ0n) is 23.4. The molecule has 212 valence electrons. The highest BCUT2D eigenvalue weighted by atomic mass is 19.1. The van der Waals surface area contributed by atoms with E-state index in [1.165, 1.54) is 20.0 Å². The summed E-state index contributed by atoms with van der Waals surface area (Å²) in [5.74, 6) is -0.652. The summed E-state index contributed by atoms with van der Waals surface area (Å²) >= 11 is 0. The highest BCUT2D eigenvalue weighted by Gasteiger charge is 2.35. The number of aromatic amines is 1. The third-order valence-electron chi connectivity index (χ3n) is 4.73. The number of alkyl halides is 1. The largest absolute Gasteiger partial charge is 0.355 e. The van der Waals surface area contributed by atoms with Crippen LogP contribution in [0.15, 0.2) is 24.4 Å². The number of benzene rings is 1. The summed E-state index contributed by atoms with van der Waals surface area (Å²) in [6.07, 6.45) is 2.13. The molecule has 1 aromatic carbocycles. The van der Waals surface area contributed by atoms with Gasteiger partial charge in [-0.25, -0.2) is 13.8 Å². The Morgan fingerprint density at radius 3 is 2.14 bits per heavy atom. The predicted molar refractivity (Wildman–Crippen MR) is 143 cm³/mol. The molecule has 1 heterocycles. The van der Waals surface area contributed by atoms with Gasteiger partial charge in [-0.2, -0.15) is 0 Å². The van der Waals surface area contributed by atoms with Gasteiger partial charge >= 0.3 is 0 Å². The van der Waals surface area contributed by atoms with Gasteiger partial charge in [-0.3, -0.25) is 14.0 Å². The molecule has 0 saturated carbocycles. The van der Waals surface area contributed by atoms with E-state index < -0.39 is 11.6 Å². The van der Waals surface area contributed by atoms with E-state index in [2.05, 4.69) is 15.3 Å². The fourth-order valence-corrected chi connectivity index (χ4v) is 3.32. The van der Waals surface area contributed by atoms with Crippen molar-refractivity contribution < 1.29 is 22.8 Å². The topological polar surface area (TPSA) is 130 Å². The van der Waals surface area contributed by atoms with E-state index in [9.17, 15) is 22.8 Å². The van der Waals surface area contributed by atoms with Crippen LogP contribution in [0.4, 0.5) is 13.2 Å². The molecule has 37 heavy (non-hydrogen) atoms. The average molecular weight is 531 g/mol. The van der Waals surface area contributed by atoms with E-state index in [4.69, 9.17) is 11.5 Å². The lowest BCUT2D eigenvalue weighted by atomic mass is 9.84. The molecule has 2 aromatic rings. The van der Waals surface area contributed by atoms with Gasteiger partial charge in [0.2, 0.25) is 11.8 Å². The number of carbonyl (C=O) groups excluding carboxylic acids is 2. The van der Waals surface area contributed by atoms with Crippen molar-refractivity contribution in [2.45, 2.75) is 60.9 Å². The third kappa shape index (κ3) is 13.3. The quantitative estimate of drug-likeness (QED) is 0.404. The first-order valence-electron chi connectivity index (χ1n) is 12.2. The second-order valence-corrected chi connectivity index (χ2v) is 8.70. The molecule has 1 aromatic heterocycles. The van der Waals surface area contributed by atoms with Crippen LogP contribution in [-0.2, 0) is 9.59 Å². The number of H-pyrrole nitrogens is 1. The fourth-order valence-electron chi connectivity index (χ4n) is 3.32. The summed E-state index contributed by atoms with van der Waals surface area (Å²) in [6, 6.07) is 2.92. The predicted octanol–water partition coefficient (Wildman–Crippen LogP) is 4.33. The zero-order chi connectivity index (χ0) is 29.2. The van der Waals surface area contributed by atoms with Gasteiger partial charge in [0.15, 0.2) is 0 Å². The van der Waals surface area contributed by atoms with Crippen molar-refractivity contribution in [3.05, 3.63) is 41.9 Å². The first-order chi connectivity index (χ1) is 17.4. The molecule has 1 unspecified atom stereocenters. The van der Waals surface area contributed by atoms with E-state index in [-0.39, 0.29) is 28.8 Å². The van der Waals surface area contributed by atoms with Crippen molar-refractivity contribution in [2.75, 3.05) is 33.4 Å². The lowest BCUT2D eigenvalue weighted by molar-refractivity contribution is -0.134. The molecule has 8 nitrogen and oxygen atoms in total. The van der Waals surface area contributed by atoms with Crippen molar-refractivity contribution >= 4 is 11.8 Å². The van der Waals surface area contributed by atoms with Crippen LogP contribution < -0.4 is 16.8 Å². The number of carbonyl (C=O) groups is 2. The number of imidazole rings is 1. The Kier molecular flexibility index (Phi) is 18.8. The molecule has 0 aliphatic carbocycles. The number of aromatic nitrogens is 2. The summed E-state index contributed by atoms with van der Waals surface area (Å²) in [5.41, 5.74) is 10.8. The van der Waals surface area contributed by atoms with Gasteiger partial charge in [-0.15, -0.1) is 0 Å². The first-order valence-corrected chi connectivity index (χ1v) is 12.2. The lowest BCUT2D eigenvalue weighted by Crippen LogP contribution is -2.41. The van der Waals surface area contributed by atoms with Gasteiger partial charge in [0.25, 0.3) is 0 Å². The summed E-state index contributed by atoms with van der Waals surface area (Å²) < 4.78 is 37.1. The molecule has 0 bridgehead atoms. The van der Waals surface area contributed by atoms with Gasteiger partial charge in [0.05, 0.1) is 25.1 Å². The number of hydrogen-bond donors (Lipinski definition) is 4. The molecular weight excluding hydrogens is 485 g/mol. The van der Waals surface area contributed by atoms with E-state index in [1.807, 2.05) is 34.6 Å². The minimum absolute atomic E-state index is 0.0227. The lowest BCUT2D eigenvalue weighted by Gasteiger charge is -2.38. The van der Waals surface area contributed by atoms with Crippen LogP contribution in [-0.4, -0.2) is 60.0 Å². The maximum absolute atomic E-state index is 14.1. The number of halogens is 3. The van der Waals surface area contributed by atoms with Crippen LogP contribution in [0.3, 0.4) is 0 Å². The highest BCUT2D eigenvalue weighted by molar-refractivity contribution is 5.74. The van der Waals surface area contributed by atoms with Crippen LogP contribution in [0.1, 0.15) is 66.8 Å². The van der Waals surface area contributed by atoms with E-state index in [0.29, 0.717) is 51.3 Å². The first kappa shape index (κ1) is 36.2. The third-order valence-corrected chi connectivity index (χ3v) is 4.73. The minimum atomic E-state index is -0.541. The molecule has 11 heteroatoms. The van der Waals surface area contributed by atoms with Gasteiger partial charge in [-0.1, -0.05) is 34.6 Å². The monoisotopic (exact) mass is 530 g/mol. The summed E-state index contributed by atoms with van der Waals surface area (Å²) in [7, 11) is 0.500. The van der Waals surface area contributed by atoms with Gasteiger partial charge in [0, 0.05) is 39.0 Å². The smallest absolute Gasteiger partial charge is 0.220 e. The van der Waals surface area contributed by atoms with Crippen molar-refractivity contribution in [1.82, 2.24) is 20.2 Å². The SMILES string of the molecule is CC.CC(=O)N(CCCN)C(c1ncc(-c2cc(F)ccc2F)[nH]1)C(C)(C)C.CC(=O)NCCN.CF. The second kappa shape index (κ2) is 19.2. The van der Waals surface area contributed by atoms with Crippen LogP contribution >= 0.6 is 0 Å². The Labute approximate surface area is 219 Å². The van der Waals surface area contributed by atoms with Crippen LogP contribution in [0, 0.1) is 17.0 Å². The van der Waals surface area contributed by atoms with Gasteiger partial charge in [0.1, 0.15) is 17.5 Å². The van der Waals surface area contributed by atoms with Gasteiger partial charge < -0.3 is 26.7 Å². The Hall–Kier alpha value is -2.92. The van der Waals surface area contributed by atoms with Crippen molar-refractivity contribution in [1.29, 1.82) is 0 Å². The molecule has 1 atom stereocenters. The van der Waals surface area contributed by atoms with E-state index in [1.54, 1.807) is 4.90 Å². The second-order valence-electron chi connectivity index (χ2n) is 8.70. The molecule has 0 spiro atoms. The van der Waals surface area contributed by atoms with Crippen molar-refractivity contribution in [2.24, 2.45) is 16.9 Å². The molecule has 0 aliphatic rings. The van der Waals surface area contributed by atoms with E-state index in [0.717, 1.165) is 18.2 Å². The number of hydrogen-bond acceptors (Lipinski definition) is 5. The number of nitrogens with two attached hydrogens (primary N) is 2. The molecular formula is C26H45F3N6O2. The summed E-state index contributed by atoms with van der Waals surface area (Å²) in [4.78, 5) is 31.4. The highest BCUT2D eigenvalue weighted by Crippen LogP contribution is 2.37. The Morgan fingerprint density at radius 2 is 1.70 bits per heavy atom. The fraction of sp³-hybridized carbons (Fsp3) is 0.577. The average Bonchev–Trinajstić information content (AvgIpc) is 3.32. The number of nitrogens with zero attached hydrogens (tertiary/aromatic N) is 2. The standard InChI is InChI=1S/C19H26F2N4O.C4H10N2O.C2H6.CH3F/c1-12(26)25(9-5-8-22)17(19(2,3)4)18-23-11-16(24-18)14-10-13(20)6-7-15(14)21;1-4(7)6-3-2-5;2*1-2/h6-7,10-11,17H,5,8-9,22H2,1-4H3,(H,23,24);2-3,5H2,1H3,(H,6,7);1-2H3;1H3. The molecule has 0 fully saturated rings. The van der Waals surface area contributed by atoms with Crippen LogP contribution in [0.2, 0.25) is 0 Å². The maximum Gasteiger partial charge on any atom is 0.220 e. The Morgan fingerprint density at radius 1 is 1.11 bits per heavy atom. The van der Waals surface area contributed by atoms with Crippen LogP contribution in [0.5, 0.6) is 0 Å². The van der Waals surface area contributed by atoms with Crippen molar-refractivity contribution in [3.8, 4) is 11.3 Å². The normalized spacial score (nSPS) is 10.9. The van der Waals surface area contributed by atoms with E-state index >= 15 is 0 Å². The minimum Gasteiger partial charge on any atom is -0.355 e. The number of nitrogens with one attached hydrogen (secondary N) is 2. The summed E-state index contributed by atoms with van der Waals surface area (Å²) in [6.45, 7) is 15.0. The molecule has 0 aliphatic heterocycles. The number of rotatable bonds is 8. The zero-order valence-corrected chi connectivity index (χ0v) is 23.4. The molecule has 0 radical (unpaired) electrons. The van der Waals surface area contributed by atoms with Crippen LogP contribution in [0.25, 0.3) is 11.3 Å². The van der Waals surface area contributed by atoms with Gasteiger partial charge in [-0.05, 0) is 36.6 Å². The summed E-state index contributed by atoms with van der Waals surface area (Å²) in [5, 5.41) is 2.53. The Bertz CT molecular complexity index is 916.